The van der Waals surface area contributed by atoms with Gasteiger partial charge in [-0.25, -0.2) is 25.6 Å². The smallest absolute Gasteiger partial charge is 0.265 e. The minimum absolute atomic E-state index is 0.0608. The molecule has 2 N–H and O–H groups in total. The summed E-state index contributed by atoms with van der Waals surface area (Å²) in [6.45, 7) is 0. The number of benzene rings is 3. The average molecular weight is 612 g/mol. The molecule has 13 heteroatoms. The van der Waals surface area contributed by atoms with Crippen LogP contribution in [-0.4, -0.2) is 23.9 Å². The monoisotopic (exact) mass is 610 g/mol. The largest absolute Gasteiger partial charge is 0.495 e. The van der Waals surface area contributed by atoms with E-state index in [1.54, 1.807) is 0 Å². The zero-order chi connectivity index (χ0) is 23.7. The van der Waals surface area contributed by atoms with E-state index in [4.69, 9.17) is 4.74 Å². The van der Waals surface area contributed by atoms with Crippen molar-refractivity contribution < 1.29 is 30.4 Å². The van der Waals surface area contributed by atoms with E-state index in [-0.39, 0.29) is 26.1 Å². The quantitative estimate of drug-likeness (QED) is 0.387. The molecule has 32 heavy (non-hydrogen) atoms. The van der Waals surface area contributed by atoms with E-state index in [1.807, 2.05) is 0 Å². The minimum atomic E-state index is -4.37. The molecule has 0 amide bonds. The van der Waals surface area contributed by atoms with Crippen molar-refractivity contribution in [3.63, 3.8) is 0 Å². The Morgan fingerprint density at radius 3 is 1.72 bits per heavy atom. The summed E-state index contributed by atoms with van der Waals surface area (Å²) < 4.78 is 88.5. The summed E-state index contributed by atoms with van der Waals surface area (Å²) in [7, 11) is -7.44. The van der Waals surface area contributed by atoms with Crippen molar-refractivity contribution in [2.45, 2.75) is 9.79 Å². The van der Waals surface area contributed by atoms with Crippen LogP contribution in [-0.2, 0) is 20.0 Å². The molecule has 0 spiro atoms. The molecule has 0 unspecified atom stereocenters. The van der Waals surface area contributed by atoms with Crippen molar-refractivity contribution in [1.82, 2.24) is 0 Å². The van der Waals surface area contributed by atoms with Crippen molar-refractivity contribution in [2.75, 3.05) is 16.6 Å². The van der Waals surface area contributed by atoms with Gasteiger partial charge in [0.15, 0.2) is 0 Å². The Hall–Kier alpha value is -2.22. The number of nitrogens with one attached hydrogen (secondary N) is 2. The zero-order valence-corrected chi connectivity index (χ0v) is 20.9. The Morgan fingerprint density at radius 2 is 1.25 bits per heavy atom. The summed E-state index contributed by atoms with van der Waals surface area (Å²) in [5.41, 5.74) is -0.140. The molecular formula is C19H14Br2F2N2O5S2. The van der Waals surface area contributed by atoms with Crippen LogP contribution in [0, 0.1) is 11.6 Å². The lowest BCUT2D eigenvalue weighted by atomic mass is 10.3. The number of hydrogen-bond donors (Lipinski definition) is 2. The molecule has 3 aromatic rings. The average Bonchev–Trinajstić information content (AvgIpc) is 2.72. The van der Waals surface area contributed by atoms with Gasteiger partial charge in [0, 0.05) is 0 Å². The molecule has 170 valence electrons. The molecule has 0 aliphatic rings. The number of rotatable bonds is 7. The molecule has 0 aliphatic heterocycles. The maximum atomic E-state index is 13.8. The third kappa shape index (κ3) is 5.39. The molecular weight excluding hydrogens is 598 g/mol. The van der Waals surface area contributed by atoms with Gasteiger partial charge in [-0.3, -0.25) is 9.44 Å². The van der Waals surface area contributed by atoms with Crippen LogP contribution in [0.3, 0.4) is 0 Å². The molecule has 0 fully saturated rings. The van der Waals surface area contributed by atoms with Crippen molar-refractivity contribution in [1.29, 1.82) is 0 Å². The number of ether oxygens (including phenoxy) is 1. The van der Waals surface area contributed by atoms with Crippen LogP contribution in [0.15, 0.2) is 73.3 Å². The Bertz CT molecular complexity index is 1400. The van der Waals surface area contributed by atoms with Gasteiger partial charge in [-0.1, -0.05) is 0 Å². The lowest BCUT2D eigenvalue weighted by Crippen LogP contribution is -2.17. The fourth-order valence-electron chi connectivity index (χ4n) is 2.58. The molecule has 0 heterocycles. The highest BCUT2D eigenvalue weighted by atomic mass is 79.9. The number of sulfonamides is 2. The molecule has 0 aliphatic carbocycles. The second-order valence-electron chi connectivity index (χ2n) is 6.28. The fraction of sp³-hybridized carbons (Fsp3) is 0.0526. The second kappa shape index (κ2) is 9.33. The van der Waals surface area contributed by atoms with Crippen LogP contribution < -0.4 is 14.2 Å². The summed E-state index contributed by atoms with van der Waals surface area (Å²) >= 11 is 5.94. The number of anilines is 2. The minimum Gasteiger partial charge on any atom is -0.495 e. The third-order valence-electron chi connectivity index (χ3n) is 4.08. The standard InChI is InChI=1S/C19H14Br2F2N2O5S2/c1-30-18-7-4-13(31(26,27)24-11-2-5-14(20)16(22)8-11)10-19(18)32(28,29)25-12-3-6-15(21)17(23)9-12/h2-10,24-25H,1H3. The van der Waals surface area contributed by atoms with E-state index in [0.29, 0.717) is 0 Å². The van der Waals surface area contributed by atoms with E-state index < -0.39 is 41.5 Å². The lowest BCUT2D eigenvalue weighted by molar-refractivity contribution is 0.402. The van der Waals surface area contributed by atoms with Gasteiger partial charge in [-0.05, 0) is 86.5 Å². The number of halogens is 4. The van der Waals surface area contributed by atoms with E-state index in [1.165, 1.54) is 31.4 Å². The van der Waals surface area contributed by atoms with Gasteiger partial charge in [-0.2, -0.15) is 0 Å². The summed E-state index contributed by atoms with van der Waals surface area (Å²) in [4.78, 5) is -0.905. The first-order valence-electron chi connectivity index (χ1n) is 8.57. The Balaban J connectivity index is 2.00. The van der Waals surface area contributed by atoms with Crippen LogP contribution in [0.25, 0.3) is 0 Å². The molecule has 3 rings (SSSR count). The Morgan fingerprint density at radius 1 is 0.750 bits per heavy atom. The summed E-state index contributed by atoms with van der Waals surface area (Å²) in [5, 5.41) is 0. The molecule has 0 saturated carbocycles. The normalized spacial score (nSPS) is 11.8. The van der Waals surface area contributed by atoms with Gasteiger partial charge in [0.05, 0.1) is 32.3 Å². The van der Waals surface area contributed by atoms with E-state index in [2.05, 4.69) is 41.3 Å². The number of hydrogen-bond acceptors (Lipinski definition) is 5. The molecule has 0 bridgehead atoms. The first-order valence-corrected chi connectivity index (χ1v) is 13.1. The van der Waals surface area contributed by atoms with Crippen LogP contribution in [0.2, 0.25) is 0 Å². The van der Waals surface area contributed by atoms with Gasteiger partial charge in [0.1, 0.15) is 22.3 Å². The SMILES string of the molecule is COc1ccc(S(=O)(=O)Nc2ccc(Br)c(F)c2)cc1S(=O)(=O)Nc1ccc(Br)c(F)c1. The highest BCUT2D eigenvalue weighted by molar-refractivity contribution is 9.10. The van der Waals surface area contributed by atoms with E-state index in [0.717, 1.165) is 30.3 Å². The molecule has 3 aromatic carbocycles. The van der Waals surface area contributed by atoms with Gasteiger partial charge in [-0.15, -0.1) is 0 Å². The van der Waals surface area contributed by atoms with Crippen LogP contribution in [0.1, 0.15) is 0 Å². The molecule has 0 saturated heterocycles. The van der Waals surface area contributed by atoms with Gasteiger partial charge in [0.2, 0.25) is 0 Å². The van der Waals surface area contributed by atoms with Crippen molar-refractivity contribution in [3.05, 3.63) is 75.2 Å². The predicted molar refractivity (Wildman–Crippen MR) is 123 cm³/mol. The zero-order valence-electron chi connectivity index (χ0n) is 16.1. The third-order valence-corrected chi connectivity index (χ3v) is 8.15. The van der Waals surface area contributed by atoms with Crippen molar-refractivity contribution in [3.8, 4) is 5.75 Å². The van der Waals surface area contributed by atoms with Gasteiger partial charge >= 0.3 is 0 Å². The summed E-state index contributed by atoms with van der Waals surface area (Å²) in [6.07, 6.45) is 0. The number of methoxy groups -OCH3 is 1. The van der Waals surface area contributed by atoms with Crippen molar-refractivity contribution in [2.24, 2.45) is 0 Å². The van der Waals surface area contributed by atoms with E-state index >= 15 is 0 Å². The highest BCUT2D eigenvalue weighted by Crippen LogP contribution is 2.30. The lowest BCUT2D eigenvalue weighted by Gasteiger charge is -2.14. The molecule has 0 atom stereocenters. The van der Waals surface area contributed by atoms with Gasteiger partial charge < -0.3 is 4.74 Å². The maximum Gasteiger partial charge on any atom is 0.265 e. The van der Waals surface area contributed by atoms with Crippen molar-refractivity contribution >= 4 is 63.3 Å². The summed E-state index contributed by atoms with van der Waals surface area (Å²) in [5.74, 6) is -1.52. The first kappa shape index (κ1) is 24.4. The Labute approximate surface area is 200 Å². The van der Waals surface area contributed by atoms with E-state index in [9.17, 15) is 25.6 Å². The fourth-order valence-corrected chi connectivity index (χ4v) is 5.47. The van der Waals surface area contributed by atoms with Crippen LogP contribution in [0.5, 0.6) is 5.75 Å². The first-order chi connectivity index (χ1) is 14.9. The maximum absolute atomic E-state index is 13.8. The molecule has 7 nitrogen and oxygen atoms in total. The van der Waals surface area contributed by atoms with Crippen LogP contribution in [0.4, 0.5) is 20.2 Å². The topological polar surface area (TPSA) is 102 Å². The predicted octanol–water partition coefficient (Wildman–Crippen LogP) is 5.10. The van der Waals surface area contributed by atoms with Crippen LogP contribution >= 0.6 is 31.9 Å². The second-order valence-corrected chi connectivity index (χ2v) is 11.3. The Kier molecular flexibility index (Phi) is 7.12. The van der Waals surface area contributed by atoms with Gasteiger partial charge in [0.25, 0.3) is 20.0 Å². The summed E-state index contributed by atoms with van der Waals surface area (Å²) in [6, 6.07) is 10.4. The molecule has 0 aromatic heterocycles. The highest BCUT2D eigenvalue weighted by Gasteiger charge is 2.25. The molecule has 0 radical (unpaired) electrons.